The number of hydrogen-bond acceptors (Lipinski definition) is 2. The molecule has 1 aliphatic rings. The van der Waals surface area contributed by atoms with Gasteiger partial charge in [-0.05, 0) is 0 Å². The minimum atomic E-state index is 0.997. The second kappa shape index (κ2) is 1.74. The summed E-state index contributed by atoms with van der Waals surface area (Å²) in [5.74, 6) is 0. The Balaban J connectivity index is 2.56. The van der Waals surface area contributed by atoms with E-state index in [0.717, 1.165) is 6.67 Å². The fraction of sp³-hybridized carbons (Fsp3) is 0.800. The molecule has 0 aromatic heterocycles. The van der Waals surface area contributed by atoms with E-state index >= 15 is 0 Å². The van der Waals surface area contributed by atoms with Crippen LogP contribution in [0, 0.1) is 0 Å². The number of nitrogens with zero attached hydrogens (tertiary/aromatic N) is 3. The standard InChI is InChI=1S/C5H12N3/c1-6-4-7(2)8(3)5-6/h4H,5H2,1-3H3/q+1. The zero-order valence-electron chi connectivity index (χ0n) is 5.63. The summed E-state index contributed by atoms with van der Waals surface area (Å²) in [6.07, 6.45) is 2.06. The molecule has 3 nitrogen and oxygen atoms in total. The quantitative estimate of drug-likeness (QED) is 0.389. The van der Waals surface area contributed by atoms with Crippen LogP contribution in [-0.2, 0) is 0 Å². The van der Waals surface area contributed by atoms with Gasteiger partial charge >= 0.3 is 0 Å². The zero-order chi connectivity index (χ0) is 6.15. The second-order valence-corrected chi connectivity index (χ2v) is 2.25. The van der Waals surface area contributed by atoms with E-state index in [0.29, 0.717) is 0 Å². The summed E-state index contributed by atoms with van der Waals surface area (Å²) >= 11 is 0. The monoisotopic (exact) mass is 114 g/mol. The van der Waals surface area contributed by atoms with Crippen molar-refractivity contribution >= 4 is 6.34 Å². The highest BCUT2D eigenvalue weighted by Crippen LogP contribution is 1.92. The van der Waals surface area contributed by atoms with Crippen LogP contribution in [0.3, 0.4) is 0 Å². The highest BCUT2D eigenvalue weighted by molar-refractivity contribution is 5.48. The summed E-state index contributed by atoms with van der Waals surface area (Å²) in [4.78, 5) is 0. The first-order valence-electron chi connectivity index (χ1n) is 2.69. The molecular formula is C5H12N3+. The lowest BCUT2D eigenvalue weighted by Crippen LogP contribution is -2.30. The Morgan fingerprint density at radius 2 is 2.12 bits per heavy atom. The Morgan fingerprint density at radius 3 is 2.25 bits per heavy atom. The maximum absolute atomic E-state index is 2.12. The smallest absolute Gasteiger partial charge is 0.253 e. The van der Waals surface area contributed by atoms with Crippen LogP contribution >= 0.6 is 0 Å². The van der Waals surface area contributed by atoms with Crippen LogP contribution in [-0.4, -0.2) is 48.7 Å². The van der Waals surface area contributed by atoms with Crippen LogP contribution in [0.25, 0.3) is 0 Å². The summed E-state index contributed by atoms with van der Waals surface area (Å²) in [5, 5.41) is 4.18. The first-order valence-corrected chi connectivity index (χ1v) is 2.69. The molecule has 0 N–H and O–H groups in total. The summed E-state index contributed by atoms with van der Waals surface area (Å²) in [7, 11) is 6.14. The highest BCUT2D eigenvalue weighted by atomic mass is 15.7. The third-order valence-electron chi connectivity index (χ3n) is 1.33. The van der Waals surface area contributed by atoms with E-state index in [-0.39, 0.29) is 0 Å². The Kier molecular flexibility index (Phi) is 1.21. The van der Waals surface area contributed by atoms with Gasteiger partial charge in [0.1, 0.15) is 0 Å². The molecule has 1 rings (SSSR count). The van der Waals surface area contributed by atoms with E-state index in [9.17, 15) is 0 Å². The van der Waals surface area contributed by atoms with Crippen LogP contribution in [0.4, 0.5) is 0 Å². The first-order chi connectivity index (χ1) is 3.70. The minimum Gasteiger partial charge on any atom is -0.253 e. The maximum Gasteiger partial charge on any atom is 0.253 e. The number of hydrogen-bond donors (Lipinski definition) is 0. The van der Waals surface area contributed by atoms with Crippen LogP contribution < -0.4 is 0 Å². The summed E-state index contributed by atoms with van der Waals surface area (Å²) < 4.78 is 2.12. The lowest BCUT2D eigenvalue weighted by Gasteiger charge is -2.07. The molecule has 46 valence electrons. The molecule has 0 amide bonds. The Hall–Kier alpha value is -0.570. The van der Waals surface area contributed by atoms with E-state index in [1.807, 2.05) is 7.05 Å². The molecule has 0 radical (unpaired) electrons. The zero-order valence-corrected chi connectivity index (χ0v) is 5.63. The molecule has 1 heterocycles. The van der Waals surface area contributed by atoms with Gasteiger partial charge in [0, 0.05) is 7.05 Å². The van der Waals surface area contributed by atoms with Gasteiger partial charge in [-0.1, -0.05) is 0 Å². The summed E-state index contributed by atoms with van der Waals surface area (Å²) in [6.45, 7) is 0.997. The third-order valence-corrected chi connectivity index (χ3v) is 1.33. The lowest BCUT2D eigenvalue weighted by molar-refractivity contribution is -0.501. The molecule has 0 aromatic carbocycles. The molecule has 0 aliphatic carbocycles. The van der Waals surface area contributed by atoms with E-state index in [2.05, 4.69) is 35.0 Å². The van der Waals surface area contributed by atoms with Gasteiger partial charge in [0.05, 0.1) is 14.1 Å². The topological polar surface area (TPSA) is 9.49 Å². The third kappa shape index (κ3) is 0.816. The normalized spacial score (nSPS) is 21.9. The first kappa shape index (κ1) is 5.56. The van der Waals surface area contributed by atoms with Gasteiger partial charge in [0.15, 0.2) is 6.67 Å². The van der Waals surface area contributed by atoms with E-state index < -0.39 is 0 Å². The van der Waals surface area contributed by atoms with Crippen molar-refractivity contribution in [2.24, 2.45) is 0 Å². The molecule has 0 aromatic rings. The second-order valence-electron chi connectivity index (χ2n) is 2.25. The molecular weight excluding hydrogens is 102 g/mol. The Labute approximate surface area is 49.8 Å². The van der Waals surface area contributed by atoms with Crippen molar-refractivity contribution in [1.82, 2.24) is 10.0 Å². The molecule has 0 saturated carbocycles. The van der Waals surface area contributed by atoms with Gasteiger partial charge in [-0.2, -0.15) is 5.01 Å². The maximum atomic E-state index is 2.12. The van der Waals surface area contributed by atoms with Crippen molar-refractivity contribution in [3.63, 3.8) is 0 Å². The fourth-order valence-electron chi connectivity index (χ4n) is 0.833. The highest BCUT2D eigenvalue weighted by Gasteiger charge is 2.17. The minimum absolute atomic E-state index is 0.997. The predicted octanol–water partition coefficient (Wildman–Crippen LogP) is -0.593. The van der Waals surface area contributed by atoms with E-state index in [1.165, 1.54) is 0 Å². The molecule has 0 saturated heterocycles. The number of rotatable bonds is 0. The number of hydrazine groups is 1. The van der Waals surface area contributed by atoms with Gasteiger partial charge in [-0.15, -0.1) is 5.01 Å². The molecule has 1 aliphatic heterocycles. The van der Waals surface area contributed by atoms with Crippen molar-refractivity contribution in [3.05, 3.63) is 0 Å². The SMILES string of the molecule is CN1C=[N+](C)CN1C. The van der Waals surface area contributed by atoms with E-state index in [1.54, 1.807) is 0 Å². The van der Waals surface area contributed by atoms with Crippen molar-refractivity contribution in [3.8, 4) is 0 Å². The summed E-state index contributed by atoms with van der Waals surface area (Å²) in [5.41, 5.74) is 0. The predicted molar refractivity (Wildman–Crippen MR) is 32.6 cm³/mol. The van der Waals surface area contributed by atoms with Crippen molar-refractivity contribution in [2.75, 3.05) is 27.8 Å². The van der Waals surface area contributed by atoms with Crippen LogP contribution in [0.5, 0.6) is 0 Å². The molecule has 0 atom stereocenters. The molecule has 0 fully saturated rings. The van der Waals surface area contributed by atoms with Gasteiger partial charge < -0.3 is 0 Å². The van der Waals surface area contributed by atoms with Crippen molar-refractivity contribution in [1.29, 1.82) is 0 Å². The molecule has 0 bridgehead atoms. The summed E-state index contributed by atoms with van der Waals surface area (Å²) in [6, 6.07) is 0. The molecule has 0 unspecified atom stereocenters. The van der Waals surface area contributed by atoms with Crippen LogP contribution in [0.2, 0.25) is 0 Å². The molecule has 8 heavy (non-hydrogen) atoms. The van der Waals surface area contributed by atoms with E-state index in [4.69, 9.17) is 0 Å². The Bertz CT molecular complexity index is 119. The van der Waals surface area contributed by atoms with Gasteiger partial charge in [0.25, 0.3) is 6.34 Å². The van der Waals surface area contributed by atoms with Crippen LogP contribution in [0.15, 0.2) is 0 Å². The van der Waals surface area contributed by atoms with Gasteiger partial charge in [0.2, 0.25) is 0 Å². The average molecular weight is 114 g/mol. The largest absolute Gasteiger partial charge is 0.253 e. The Morgan fingerprint density at radius 1 is 1.50 bits per heavy atom. The van der Waals surface area contributed by atoms with Crippen molar-refractivity contribution in [2.45, 2.75) is 0 Å². The van der Waals surface area contributed by atoms with Crippen molar-refractivity contribution < 1.29 is 4.58 Å². The molecule has 3 heteroatoms. The van der Waals surface area contributed by atoms with Gasteiger partial charge in [-0.3, -0.25) is 4.58 Å². The lowest BCUT2D eigenvalue weighted by atomic mass is 10.9. The molecule has 0 spiro atoms. The average Bonchev–Trinajstić information content (AvgIpc) is 1.85. The van der Waals surface area contributed by atoms with Gasteiger partial charge in [-0.25, -0.2) is 0 Å². The van der Waals surface area contributed by atoms with Crippen LogP contribution in [0.1, 0.15) is 0 Å². The fourth-order valence-corrected chi connectivity index (χ4v) is 0.833.